The second-order valence-corrected chi connectivity index (χ2v) is 8.25. The number of aryl methyl sites for hydroxylation is 2. The lowest BCUT2D eigenvalue weighted by atomic mass is 10.1. The van der Waals surface area contributed by atoms with Crippen molar-refractivity contribution in [3.8, 4) is 0 Å². The first-order chi connectivity index (χ1) is 14.9. The molecule has 1 aliphatic rings. The highest BCUT2D eigenvalue weighted by Crippen LogP contribution is 2.24. The number of hydrogen-bond acceptors (Lipinski definition) is 5. The average molecular weight is 418 g/mol. The van der Waals surface area contributed by atoms with Gasteiger partial charge in [-0.15, -0.1) is 0 Å². The molecule has 2 N–H and O–H groups in total. The first-order valence-corrected chi connectivity index (χ1v) is 10.7. The summed E-state index contributed by atoms with van der Waals surface area (Å²) in [5.41, 5.74) is 4.53. The van der Waals surface area contributed by atoms with E-state index in [4.69, 9.17) is 0 Å². The summed E-state index contributed by atoms with van der Waals surface area (Å²) < 4.78 is 0. The van der Waals surface area contributed by atoms with Crippen LogP contribution in [0.2, 0.25) is 0 Å². The molecule has 31 heavy (non-hydrogen) atoms. The van der Waals surface area contributed by atoms with E-state index in [-0.39, 0.29) is 11.3 Å². The molecule has 160 valence electrons. The quantitative estimate of drug-likeness (QED) is 0.597. The normalized spacial score (nSPS) is 13.9. The third-order valence-electron chi connectivity index (χ3n) is 5.88. The van der Waals surface area contributed by atoms with E-state index in [0.717, 1.165) is 54.7 Å². The van der Waals surface area contributed by atoms with Gasteiger partial charge in [0.1, 0.15) is 11.4 Å². The van der Waals surface area contributed by atoms with E-state index in [9.17, 15) is 14.4 Å². The summed E-state index contributed by atoms with van der Waals surface area (Å²) in [4.78, 5) is 38.7. The number of rotatable bonds is 6. The number of hydrogen-bond donors (Lipinski definition) is 2. The van der Waals surface area contributed by atoms with Crippen LogP contribution in [-0.2, 0) is 6.54 Å². The average Bonchev–Trinajstić information content (AvgIpc) is 2.79. The zero-order valence-electron chi connectivity index (χ0n) is 18.0. The molecule has 6 nitrogen and oxygen atoms in total. The van der Waals surface area contributed by atoms with Crippen LogP contribution < -0.4 is 26.4 Å². The number of piperidine rings is 1. The predicted octanol–water partition coefficient (Wildman–Crippen LogP) is 3.75. The van der Waals surface area contributed by atoms with E-state index in [1.807, 2.05) is 49.1 Å². The van der Waals surface area contributed by atoms with Crippen molar-refractivity contribution in [3.63, 3.8) is 0 Å². The van der Waals surface area contributed by atoms with Crippen LogP contribution in [0, 0.1) is 13.8 Å². The van der Waals surface area contributed by atoms with Crippen LogP contribution >= 0.6 is 0 Å². The van der Waals surface area contributed by atoms with Crippen molar-refractivity contribution in [1.82, 2.24) is 0 Å². The van der Waals surface area contributed by atoms with Crippen molar-refractivity contribution in [2.75, 3.05) is 28.6 Å². The van der Waals surface area contributed by atoms with Crippen LogP contribution in [0.4, 0.5) is 17.1 Å². The number of nitrogens with zero attached hydrogens (tertiary/aromatic N) is 1. The topological polar surface area (TPSA) is 78.5 Å². The lowest BCUT2D eigenvalue weighted by molar-refractivity contribution is 0.102. The summed E-state index contributed by atoms with van der Waals surface area (Å²) in [7, 11) is 0. The van der Waals surface area contributed by atoms with Gasteiger partial charge in [0.25, 0.3) is 16.8 Å². The number of carbonyl (C=O) groups is 1. The largest absolute Gasteiger partial charge is 0.376 e. The smallest absolute Gasteiger partial charge is 0.255 e. The van der Waals surface area contributed by atoms with Gasteiger partial charge in [0.15, 0.2) is 0 Å². The number of anilines is 3. The van der Waals surface area contributed by atoms with Gasteiger partial charge in [0, 0.05) is 30.9 Å². The molecular formula is C25H27N3O3. The van der Waals surface area contributed by atoms with Crippen LogP contribution in [0.1, 0.15) is 46.3 Å². The van der Waals surface area contributed by atoms with Crippen molar-refractivity contribution in [2.45, 2.75) is 39.7 Å². The van der Waals surface area contributed by atoms with Crippen molar-refractivity contribution < 1.29 is 4.79 Å². The Morgan fingerprint density at radius 1 is 0.935 bits per heavy atom. The molecular weight excluding hydrogens is 390 g/mol. The molecule has 3 aromatic carbocycles. The molecule has 1 fully saturated rings. The molecule has 1 saturated heterocycles. The number of benzene rings is 2. The van der Waals surface area contributed by atoms with Gasteiger partial charge in [0.05, 0.1) is 0 Å². The molecule has 0 aliphatic carbocycles. The van der Waals surface area contributed by atoms with E-state index in [0.29, 0.717) is 23.5 Å². The van der Waals surface area contributed by atoms with Gasteiger partial charge >= 0.3 is 0 Å². The molecule has 3 aromatic rings. The van der Waals surface area contributed by atoms with E-state index < -0.39 is 5.43 Å². The van der Waals surface area contributed by atoms with Gasteiger partial charge in [-0.05, 0) is 68.0 Å². The molecule has 4 rings (SSSR count). The third-order valence-corrected chi connectivity index (χ3v) is 5.88. The molecule has 0 aromatic heterocycles. The molecule has 0 radical (unpaired) electrons. The fourth-order valence-corrected chi connectivity index (χ4v) is 3.99. The number of amides is 1. The highest BCUT2D eigenvalue weighted by Gasteiger charge is 2.26. The maximum absolute atomic E-state index is 12.6. The predicted molar refractivity (Wildman–Crippen MR) is 125 cm³/mol. The highest BCUT2D eigenvalue weighted by atomic mass is 16.2. The lowest BCUT2D eigenvalue weighted by Gasteiger charge is -2.30. The van der Waals surface area contributed by atoms with E-state index in [2.05, 4.69) is 10.6 Å². The molecule has 0 spiro atoms. The summed E-state index contributed by atoms with van der Waals surface area (Å²) in [5.74, 6) is -0.164. The Kier molecular flexibility index (Phi) is 5.89. The van der Waals surface area contributed by atoms with Crippen LogP contribution in [0.25, 0.3) is 0 Å². The van der Waals surface area contributed by atoms with E-state index >= 15 is 0 Å². The first kappa shape index (κ1) is 20.8. The Morgan fingerprint density at radius 3 is 2.35 bits per heavy atom. The van der Waals surface area contributed by atoms with Crippen LogP contribution in [0.15, 0.2) is 52.1 Å². The summed E-state index contributed by atoms with van der Waals surface area (Å²) >= 11 is 0. The molecule has 1 amide bonds. The highest BCUT2D eigenvalue weighted by molar-refractivity contribution is 6.04. The SMILES string of the molecule is Cc1ccc(C)c(NC(=O)c2ccc(CNc3c(N4CCCCC4)c(=O)c3=O)cc2)c1. The fraction of sp³-hybridized carbons (Fsp3) is 0.320. The van der Waals surface area contributed by atoms with Crippen molar-refractivity contribution in [2.24, 2.45) is 0 Å². The number of nitrogens with one attached hydrogen (secondary N) is 2. The standard InChI is InChI=1S/C25H27N3O3/c1-16-6-7-17(2)20(14-16)27-25(31)19-10-8-18(9-11-19)15-26-21-22(24(30)23(21)29)28-12-4-3-5-13-28/h6-11,14,26H,3-5,12-13,15H2,1-2H3,(H,27,31). The number of carbonyl (C=O) groups excluding carboxylic acids is 1. The minimum atomic E-state index is -0.440. The Morgan fingerprint density at radius 2 is 1.65 bits per heavy atom. The Bertz CT molecular complexity index is 1170. The van der Waals surface area contributed by atoms with E-state index in [1.54, 1.807) is 12.1 Å². The van der Waals surface area contributed by atoms with Gasteiger partial charge in [-0.1, -0.05) is 24.3 Å². The molecule has 0 bridgehead atoms. The Hall–Kier alpha value is -3.41. The Balaban J connectivity index is 1.40. The summed E-state index contributed by atoms with van der Waals surface area (Å²) in [5, 5.41) is 6.09. The zero-order chi connectivity index (χ0) is 22.0. The van der Waals surface area contributed by atoms with Gasteiger partial charge in [-0.25, -0.2) is 0 Å². The summed E-state index contributed by atoms with van der Waals surface area (Å²) in [6.45, 7) is 6.02. The van der Waals surface area contributed by atoms with Crippen LogP contribution in [0.5, 0.6) is 0 Å². The lowest BCUT2D eigenvalue weighted by Crippen LogP contribution is -2.44. The molecule has 1 aliphatic heterocycles. The van der Waals surface area contributed by atoms with Gasteiger partial charge in [-0.3, -0.25) is 14.4 Å². The van der Waals surface area contributed by atoms with Crippen LogP contribution in [-0.4, -0.2) is 19.0 Å². The summed E-state index contributed by atoms with van der Waals surface area (Å²) in [6, 6.07) is 13.2. The van der Waals surface area contributed by atoms with Gasteiger partial charge < -0.3 is 15.5 Å². The first-order valence-electron chi connectivity index (χ1n) is 10.7. The van der Waals surface area contributed by atoms with E-state index in [1.165, 1.54) is 0 Å². The van der Waals surface area contributed by atoms with Crippen molar-refractivity contribution in [3.05, 3.63) is 85.2 Å². The zero-order valence-corrected chi connectivity index (χ0v) is 18.0. The van der Waals surface area contributed by atoms with Crippen molar-refractivity contribution >= 4 is 23.0 Å². The van der Waals surface area contributed by atoms with Gasteiger partial charge in [-0.2, -0.15) is 0 Å². The second-order valence-electron chi connectivity index (χ2n) is 8.25. The molecule has 0 unspecified atom stereocenters. The molecule has 0 atom stereocenters. The minimum Gasteiger partial charge on any atom is -0.376 e. The van der Waals surface area contributed by atoms with Crippen molar-refractivity contribution in [1.29, 1.82) is 0 Å². The monoisotopic (exact) mass is 417 g/mol. The van der Waals surface area contributed by atoms with Crippen LogP contribution in [0.3, 0.4) is 0 Å². The summed E-state index contributed by atoms with van der Waals surface area (Å²) in [6.07, 6.45) is 3.26. The minimum absolute atomic E-state index is 0.164. The second kappa shape index (κ2) is 8.76. The molecule has 1 heterocycles. The van der Waals surface area contributed by atoms with Gasteiger partial charge in [0.2, 0.25) is 0 Å². The fourth-order valence-electron chi connectivity index (χ4n) is 3.99. The maximum atomic E-state index is 12.6. The molecule has 6 heteroatoms. The Labute approximate surface area is 181 Å². The third kappa shape index (κ3) is 4.38. The molecule has 0 saturated carbocycles. The maximum Gasteiger partial charge on any atom is 0.255 e.